The first-order valence-corrected chi connectivity index (χ1v) is 9.98. The number of likely N-dealkylation sites (tertiary alicyclic amines) is 1. The molecule has 0 spiro atoms. The van der Waals surface area contributed by atoms with Gasteiger partial charge in [-0.05, 0) is 44.2 Å². The van der Waals surface area contributed by atoms with Crippen molar-refractivity contribution < 1.29 is 18.8 Å². The SMILES string of the molecule is O=C1N[C@H]2CCCN(C(=O)c3ccon3)[C@H]2CCCCCOc2ccccc21. The normalized spacial score (nSPS) is 23.3. The molecule has 1 N–H and O–H groups in total. The first kappa shape index (κ1) is 18.5. The van der Waals surface area contributed by atoms with Crippen LogP contribution in [0.1, 0.15) is 59.4 Å². The van der Waals surface area contributed by atoms with E-state index >= 15 is 0 Å². The van der Waals surface area contributed by atoms with E-state index in [-0.39, 0.29) is 23.9 Å². The van der Waals surface area contributed by atoms with Gasteiger partial charge in [-0.2, -0.15) is 0 Å². The van der Waals surface area contributed by atoms with Gasteiger partial charge in [0.25, 0.3) is 11.8 Å². The Bertz CT molecular complexity index is 821. The smallest absolute Gasteiger partial charge is 0.276 e. The van der Waals surface area contributed by atoms with Crippen LogP contribution in [0.25, 0.3) is 0 Å². The Kier molecular flexibility index (Phi) is 5.60. The van der Waals surface area contributed by atoms with Crippen LogP contribution in [0.5, 0.6) is 5.75 Å². The second-order valence-corrected chi connectivity index (χ2v) is 7.37. The number of amides is 2. The van der Waals surface area contributed by atoms with Gasteiger partial charge in [0.1, 0.15) is 12.0 Å². The molecule has 0 aliphatic carbocycles. The van der Waals surface area contributed by atoms with Gasteiger partial charge in [0, 0.05) is 18.7 Å². The third kappa shape index (κ3) is 3.88. The largest absolute Gasteiger partial charge is 0.493 e. The Hall–Kier alpha value is -2.83. The van der Waals surface area contributed by atoms with E-state index in [1.54, 1.807) is 12.1 Å². The molecule has 148 valence electrons. The highest BCUT2D eigenvalue weighted by Crippen LogP contribution is 2.26. The summed E-state index contributed by atoms with van der Waals surface area (Å²) in [4.78, 5) is 27.8. The lowest BCUT2D eigenvalue weighted by molar-refractivity contribution is 0.0495. The zero-order valence-electron chi connectivity index (χ0n) is 15.8. The average molecular weight is 383 g/mol. The summed E-state index contributed by atoms with van der Waals surface area (Å²) in [5.74, 6) is 0.332. The zero-order chi connectivity index (χ0) is 19.3. The van der Waals surface area contributed by atoms with Crippen LogP contribution in [0.2, 0.25) is 0 Å². The molecule has 0 bridgehead atoms. The zero-order valence-corrected chi connectivity index (χ0v) is 15.8. The number of nitrogens with one attached hydrogen (secondary N) is 1. The van der Waals surface area contributed by atoms with Gasteiger partial charge in [-0.1, -0.05) is 23.7 Å². The van der Waals surface area contributed by atoms with E-state index < -0.39 is 0 Å². The van der Waals surface area contributed by atoms with Gasteiger partial charge in [0.15, 0.2) is 5.69 Å². The van der Waals surface area contributed by atoms with Gasteiger partial charge in [-0.3, -0.25) is 9.59 Å². The van der Waals surface area contributed by atoms with E-state index in [4.69, 9.17) is 9.26 Å². The number of hydrogen-bond acceptors (Lipinski definition) is 5. The predicted molar refractivity (Wildman–Crippen MR) is 102 cm³/mol. The molecule has 1 aromatic carbocycles. The maximum absolute atomic E-state index is 13.0. The number of aromatic nitrogens is 1. The van der Waals surface area contributed by atoms with E-state index in [0.717, 1.165) is 38.5 Å². The van der Waals surface area contributed by atoms with Crippen molar-refractivity contribution in [1.82, 2.24) is 15.4 Å². The lowest BCUT2D eigenvalue weighted by Gasteiger charge is -2.41. The second-order valence-electron chi connectivity index (χ2n) is 7.37. The van der Waals surface area contributed by atoms with Crippen LogP contribution >= 0.6 is 0 Å². The van der Waals surface area contributed by atoms with E-state index in [1.165, 1.54) is 6.26 Å². The Morgan fingerprint density at radius 1 is 1.11 bits per heavy atom. The fourth-order valence-electron chi connectivity index (χ4n) is 4.15. The minimum atomic E-state index is -0.151. The van der Waals surface area contributed by atoms with Crippen LogP contribution in [-0.2, 0) is 0 Å². The molecule has 0 radical (unpaired) electrons. The molecule has 1 fully saturated rings. The Morgan fingerprint density at radius 3 is 2.86 bits per heavy atom. The van der Waals surface area contributed by atoms with Gasteiger partial charge >= 0.3 is 0 Å². The fraction of sp³-hybridized carbons (Fsp3) is 0.476. The van der Waals surface area contributed by atoms with Gasteiger partial charge in [-0.15, -0.1) is 0 Å². The standard InChI is InChI=1S/C21H25N3O4/c25-20-15-7-3-4-10-19(15)27-13-5-1-2-9-18-16(22-20)8-6-12-24(18)21(26)17-11-14-28-23-17/h3-4,7,10-11,14,16,18H,1-2,5-6,8-9,12-13H2,(H,22,25)/t16-,18-/m0/s1. The third-order valence-corrected chi connectivity index (χ3v) is 5.55. The minimum Gasteiger partial charge on any atom is -0.493 e. The van der Waals surface area contributed by atoms with Crippen LogP contribution in [-0.4, -0.2) is 47.1 Å². The molecule has 7 heteroatoms. The van der Waals surface area contributed by atoms with E-state index in [1.807, 2.05) is 23.1 Å². The molecule has 7 nitrogen and oxygen atoms in total. The maximum Gasteiger partial charge on any atom is 0.276 e. The van der Waals surface area contributed by atoms with Crippen LogP contribution in [0.4, 0.5) is 0 Å². The molecule has 28 heavy (non-hydrogen) atoms. The van der Waals surface area contributed by atoms with Crippen molar-refractivity contribution in [3.8, 4) is 5.75 Å². The molecule has 0 saturated carbocycles. The highest BCUT2D eigenvalue weighted by molar-refractivity contribution is 5.97. The number of para-hydroxylation sites is 1. The van der Waals surface area contributed by atoms with Crippen molar-refractivity contribution in [3.63, 3.8) is 0 Å². The summed E-state index contributed by atoms with van der Waals surface area (Å²) in [6.45, 7) is 1.25. The van der Waals surface area contributed by atoms with Crippen LogP contribution in [0.3, 0.4) is 0 Å². The number of fused-ring (bicyclic) bond motifs is 2. The van der Waals surface area contributed by atoms with Crippen LogP contribution in [0.15, 0.2) is 41.1 Å². The molecule has 0 unspecified atom stereocenters. The van der Waals surface area contributed by atoms with Gasteiger partial charge in [-0.25, -0.2) is 0 Å². The van der Waals surface area contributed by atoms with Crippen molar-refractivity contribution >= 4 is 11.8 Å². The van der Waals surface area contributed by atoms with Crippen molar-refractivity contribution in [1.29, 1.82) is 0 Å². The molecular weight excluding hydrogens is 358 g/mol. The van der Waals surface area contributed by atoms with Crippen molar-refractivity contribution in [3.05, 3.63) is 47.9 Å². The number of benzene rings is 1. The van der Waals surface area contributed by atoms with Gasteiger partial charge in [0.05, 0.1) is 18.2 Å². The second kappa shape index (κ2) is 8.46. The molecule has 4 rings (SSSR count). The summed E-state index contributed by atoms with van der Waals surface area (Å²) in [7, 11) is 0. The quantitative estimate of drug-likeness (QED) is 0.818. The van der Waals surface area contributed by atoms with Crippen molar-refractivity contribution in [2.24, 2.45) is 0 Å². The predicted octanol–water partition coefficient (Wildman–Crippen LogP) is 3.03. The summed E-state index contributed by atoms with van der Waals surface area (Å²) in [5, 5.41) is 6.97. The van der Waals surface area contributed by atoms with Gasteiger partial charge < -0.3 is 19.5 Å². The van der Waals surface area contributed by atoms with Crippen molar-refractivity contribution in [2.45, 2.75) is 50.6 Å². The minimum absolute atomic E-state index is 0.0468. The van der Waals surface area contributed by atoms with E-state index in [2.05, 4.69) is 10.5 Å². The lowest BCUT2D eigenvalue weighted by atomic mass is 9.90. The number of carbonyl (C=O) groups is 2. The molecule has 1 aromatic heterocycles. The number of piperidine rings is 1. The van der Waals surface area contributed by atoms with Gasteiger partial charge in [0.2, 0.25) is 0 Å². The number of rotatable bonds is 1. The Morgan fingerprint density at radius 2 is 2.00 bits per heavy atom. The first-order valence-electron chi connectivity index (χ1n) is 9.98. The van der Waals surface area contributed by atoms with Crippen LogP contribution < -0.4 is 10.1 Å². The monoisotopic (exact) mass is 383 g/mol. The number of ether oxygens (including phenoxy) is 1. The molecule has 2 aliphatic heterocycles. The number of nitrogens with zero attached hydrogens (tertiary/aromatic N) is 2. The third-order valence-electron chi connectivity index (χ3n) is 5.55. The number of hydrogen-bond donors (Lipinski definition) is 1. The molecule has 2 aliphatic rings. The summed E-state index contributed by atoms with van der Waals surface area (Å²) >= 11 is 0. The van der Waals surface area contributed by atoms with Crippen LogP contribution in [0, 0.1) is 0 Å². The van der Waals surface area contributed by atoms with Crippen molar-refractivity contribution in [2.75, 3.05) is 13.2 Å². The fourth-order valence-corrected chi connectivity index (χ4v) is 4.15. The van der Waals surface area contributed by atoms with E-state index in [9.17, 15) is 9.59 Å². The maximum atomic E-state index is 13.0. The lowest BCUT2D eigenvalue weighted by Crippen LogP contribution is -2.57. The molecular formula is C21H25N3O4. The highest BCUT2D eigenvalue weighted by Gasteiger charge is 2.36. The molecule has 2 atom stereocenters. The molecule has 1 saturated heterocycles. The molecule has 3 heterocycles. The number of carbonyl (C=O) groups excluding carboxylic acids is 2. The Balaban J connectivity index is 1.60. The van der Waals surface area contributed by atoms with E-state index in [0.29, 0.717) is 30.2 Å². The highest BCUT2D eigenvalue weighted by atomic mass is 16.5. The summed E-state index contributed by atoms with van der Waals surface area (Å²) in [6.07, 6.45) is 6.86. The molecule has 2 aromatic rings. The summed E-state index contributed by atoms with van der Waals surface area (Å²) in [5.41, 5.74) is 0.860. The summed E-state index contributed by atoms with van der Waals surface area (Å²) < 4.78 is 10.7. The molecule has 2 amide bonds. The average Bonchev–Trinajstić information content (AvgIpc) is 3.25. The first-order chi connectivity index (χ1) is 13.7. The summed E-state index contributed by atoms with van der Waals surface area (Å²) in [6, 6.07) is 8.78. The topological polar surface area (TPSA) is 84.7 Å². The Labute approximate surface area is 164 Å².